The van der Waals surface area contributed by atoms with Crippen LogP contribution >= 0.6 is 0 Å². The second kappa shape index (κ2) is 7.75. The summed E-state index contributed by atoms with van der Waals surface area (Å²) in [5.41, 5.74) is -1.62. The van der Waals surface area contributed by atoms with Crippen LogP contribution in [-0.4, -0.2) is 48.6 Å². The van der Waals surface area contributed by atoms with Crippen LogP contribution in [0.3, 0.4) is 0 Å². The number of carbonyl (C=O) groups excluding carboxylic acids is 1. The molecule has 3 heterocycles. The van der Waals surface area contributed by atoms with Gasteiger partial charge in [-0.25, -0.2) is 17.4 Å². The fraction of sp³-hybridized carbons (Fsp3) is 0.300. The molecule has 1 aliphatic rings. The first-order valence-electron chi connectivity index (χ1n) is 9.44. The number of hydrogen-bond donors (Lipinski definition) is 0. The lowest BCUT2D eigenvalue weighted by atomic mass is 9.72. The maximum atomic E-state index is 13.2. The van der Waals surface area contributed by atoms with Gasteiger partial charge in [-0.05, 0) is 31.0 Å². The van der Waals surface area contributed by atoms with Crippen LogP contribution < -0.4 is 0 Å². The van der Waals surface area contributed by atoms with E-state index in [1.165, 1.54) is 31.5 Å². The highest BCUT2D eigenvalue weighted by molar-refractivity contribution is 7.90. The van der Waals surface area contributed by atoms with Gasteiger partial charge < -0.3 is 9.47 Å². The zero-order valence-electron chi connectivity index (χ0n) is 16.6. The van der Waals surface area contributed by atoms with Crippen molar-refractivity contribution < 1.29 is 27.6 Å². The van der Waals surface area contributed by atoms with E-state index in [0.717, 1.165) is 10.2 Å². The third-order valence-corrected chi connectivity index (χ3v) is 7.24. The molecule has 162 valence electrons. The number of hydrogen-bond acceptors (Lipinski definition) is 8. The monoisotopic (exact) mass is 445 g/mol. The van der Waals surface area contributed by atoms with Gasteiger partial charge in [0, 0.05) is 24.8 Å². The van der Waals surface area contributed by atoms with Gasteiger partial charge in [-0.1, -0.05) is 18.2 Å². The summed E-state index contributed by atoms with van der Waals surface area (Å²) in [6.07, 6.45) is 2.61. The van der Waals surface area contributed by atoms with Crippen molar-refractivity contribution in [2.75, 3.05) is 20.3 Å². The number of aromatic nitrogens is 2. The van der Waals surface area contributed by atoms with Crippen LogP contribution in [0, 0.1) is 10.1 Å². The molecule has 4 rings (SSSR count). The minimum Gasteiger partial charge on any atom is -0.468 e. The van der Waals surface area contributed by atoms with Gasteiger partial charge in [-0.2, -0.15) is 0 Å². The summed E-state index contributed by atoms with van der Waals surface area (Å²) in [4.78, 5) is 28.2. The number of carbonyl (C=O) groups is 1. The van der Waals surface area contributed by atoms with Crippen LogP contribution in [0.1, 0.15) is 18.4 Å². The van der Waals surface area contributed by atoms with Crippen molar-refractivity contribution >= 4 is 32.7 Å². The van der Waals surface area contributed by atoms with Crippen LogP contribution in [0.2, 0.25) is 0 Å². The molecule has 1 fully saturated rings. The molecule has 0 radical (unpaired) electrons. The van der Waals surface area contributed by atoms with Gasteiger partial charge in [0.1, 0.15) is 11.6 Å². The molecule has 0 aliphatic carbocycles. The molecule has 3 aromatic rings. The van der Waals surface area contributed by atoms with Crippen LogP contribution in [0.25, 0.3) is 11.0 Å². The summed E-state index contributed by atoms with van der Waals surface area (Å²) in [5.74, 6) is -0.634. The van der Waals surface area contributed by atoms with Gasteiger partial charge in [0.05, 0.1) is 22.5 Å². The lowest BCUT2D eigenvalue weighted by molar-refractivity contribution is -0.386. The summed E-state index contributed by atoms with van der Waals surface area (Å²) in [6, 6.07) is 9.21. The van der Waals surface area contributed by atoms with Crippen molar-refractivity contribution in [3.8, 4) is 0 Å². The number of methoxy groups -OCH3 is 1. The van der Waals surface area contributed by atoms with Gasteiger partial charge in [0.2, 0.25) is 0 Å². The molecule has 0 amide bonds. The standard InChI is InChI=1S/C20H19N3O7S/c1-29-19(24)20(8-11-30-12-9-20)17-15-7-10-22(18(15)21-13-16(17)23(25)26)31(27,28)14-5-3-2-4-6-14/h2-7,10,13H,8-9,11-12H2,1H3. The Morgan fingerprint density at radius 2 is 1.90 bits per heavy atom. The van der Waals surface area contributed by atoms with Crippen LogP contribution in [0.15, 0.2) is 53.7 Å². The highest BCUT2D eigenvalue weighted by atomic mass is 32.2. The van der Waals surface area contributed by atoms with E-state index >= 15 is 0 Å². The normalized spacial score (nSPS) is 16.2. The van der Waals surface area contributed by atoms with Crippen LogP contribution in [-0.2, 0) is 29.7 Å². The van der Waals surface area contributed by atoms with Gasteiger partial charge in [-0.3, -0.25) is 14.9 Å². The molecule has 1 saturated heterocycles. The quantitative estimate of drug-likeness (QED) is 0.332. The number of nitro groups is 1. The van der Waals surface area contributed by atoms with Crippen molar-refractivity contribution in [3.05, 3.63) is 64.5 Å². The predicted molar refractivity (Wildman–Crippen MR) is 109 cm³/mol. The summed E-state index contributed by atoms with van der Waals surface area (Å²) in [5, 5.41) is 12.1. The predicted octanol–water partition coefficient (Wildman–Crippen LogP) is 2.40. The smallest absolute Gasteiger partial charge is 0.316 e. The molecule has 11 heteroatoms. The zero-order valence-corrected chi connectivity index (χ0v) is 17.4. The van der Waals surface area contributed by atoms with E-state index < -0.39 is 26.3 Å². The highest BCUT2D eigenvalue weighted by Crippen LogP contribution is 2.44. The van der Waals surface area contributed by atoms with Crippen LogP contribution in [0.4, 0.5) is 5.69 Å². The summed E-state index contributed by atoms with van der Waals surface area (Å²) in [7, 11) is -2.79. The molecule has 1 aliphatic heterocycles. The number of pyridine rings is 1. The van der Waals surface area contributed by atoms with Crippen molar-refractivity contribution in [3.63, 3.8) is 0 Å². The number of benzene rings is 1. The molecular formula is C20H19N3O7S. The molecule has 31 heavy (non-hydrogen) atoms. The minimum atomic E-state index is -4.00. The number of esters is 1. The third-order valence-electron chi connectivity index (χ3n) is 5.56. The topological polar surface area (TPSA) is 131 Å². The lowest BCUT2D eigenvalue weighted by Crippen LogP contribution is -2.42. The first kappa shape index (κ1) is 20.9. The Kier molecular flexibility index (Phi) is 5.23. The Morgan fingerprint density at radius 1 is 1.23 bits per heavy atom. The van der Waals surface area contributed by atoms with E-state index in [9.17, 15) is 23.3 Å². The van der Waals surface area contributed by atoms with Gasteiger partial charge in [-0.15, -0.1) is 0 Å². The Morgan fingerprint density at radius 3 is 2.52 bits per heavy atom. The Balaban J connectivity index is 2.03. The summed E-state index contributed by atoms with van der Waals surface area (Å²) >= 11 is 0. The van der Waals surface area contributed by atoms with Gasteiger partial charge >= 0.3 is 5.97 Å². The maximum Gasteiger partial charge on any atom is 0.316 e. The van der Waals surface area contributed by atoms with Crippen molar-refractivity contribution in [2.24, 2.45) is 0 Å². The zero-order chi connectivity index (χ0) is 22.2. The first-order chi connectivity index (χ1) is 14.8. The van der Waals surface area contributed by atoms with E-state index in [2.05, 4.69) is 4.98 Å². The fourth-order valence-electron chi connectivity index (χ4n) is 4.07. The van der Waals surface area contributed by atoms with E-state index in [1.54, 1.807) is 18.2 Å². The van der Waals surface area contributed by atoms with Crippen molar-refractivity contribution in [1.29, 1.82) is 0 Å². The SMILES string of the molecule is COC(=O)C1(c2c([N+](=O)[O-])cnc3c2ccn3S(=O)(=O)c2ccccc2)CCOCC1. The minimum absolute atomic E-state index is 0.000719. The molecule has 0 spiro atoms. The Bertz CT molecular complexity index is 1260. The number of rotatable bonds is 5. The van der Waals surface area contributed by atoms with E-state index in [-0.39, 0.29) is 53.2 Å². The molecule has 0 N–H and O–H groups in total. The van der Waals surface area contributed by atoms with Gasteiger partial charge in [0.25, 0.3) is 15.7 Å². The Hall–Kier alpha value is -3.31. The van der Waals surface area contributed by atoms with Gasteiger partial charge in [0.15, 0.2) is 5.65 Å². The average molecular weight is 445 g/mol. The summed E-state index contributed by atoms with van der Waals surface area (Å²) < 4.78 is 37.7. The average Bonchev–Trinajstić information content (AvgIpc) is 3.23. The summed E-state index contributed by atoms with van der Waals surface area (Å²) in [6.45, 7) is 0.415. The molecule has 0 bridgehead atoms. The number of fused-ring (bicyclic) bond motifs is 1. The molecule has 2 aromatic heterocycles. The second-order valence-corrected chi connectivity index (χ2v) is 8.94. The molecule has 1 aromatic carbocycles. The Labute approximate surface area is 177 Å². The largest absolute Gasteiger partial charge is 0.468 e. The van der Waals surface area contributed by atoms with E-state index in [0.29, 0.717) is 0 Å². The lowest BCUT2D eigenvalue weighted by Gasteiger charge is -2.34. The molecule has 0 atom stereocenters. The maximum absolute atomic E-state index is 13.2. The van der Waals surface area contributed by atoms with Crippen molar-refractivity contribution in [1.82, 2.24) is 8.96 Å². The molecule has 0 unspecified atom stereocenters. The molecular weight excluding hydrogens is 426 g/mol. The second-order valence-electron chi connectivity index (χ2n) is 7.13. The van der Waals surface area contributed by atoms with E-state index in [1.807, 2.05) is 0 Å². The fourth-order valence-corrected chi connectivity index (χ4v) is 5.39. The third kappa shape index (κ3) is 3.26. The molecule has 10 nitrogen and oxygen atoms in total. The van der Waals surface area contributed by atoms with Crippen LogP contribution in [0.5, 0.6) is 0 Å². The highest BCUT2D eigenvalue weighted by Gasteiger charge is 2.48. The molecule has 0 saturated carbocycles. The number of ether oxygens (including phenoxy) is 2. The van der Waals surface area contributed by atoms with E-state index in [4.69, 9.17) is 9.47 Å². The first-order valence-corrected chi connectivity index (χ1v) is 10.9. The number of nitrogens with zero attached hydrogens (tertiary/aromatic N) is 3. The van der Waals surface area contributed by atoms with Crippen molar-refractivity contribution in [2.45, 2.75) is 23.2 Å².